The van der Waals surface area contributed by atoms with E-state index in [1.807, 2.05) is 0 Å². The molecule has 25 heavy (non-hydrogen) atoms. The maximum absolute atomic E-state index is 12.8. The van der Waals surface area contributed by atoms with Crippen LogP contribution < -0.4 is 5.32 Å². The lowest BCUT2D eigenvalue weighted by molar-refractivity contribution is -0.384. The van der Waals surface area contributed by atoms with Gasteiger partial charge in [0.1, 0.15) is 5.69 Å². The predicted octanol–water partition coefficient (Wildman–Crippen LogP) is 4.99. The quantitative estimate of drug-likeness (QED) is 0.467. The summed E-state index contributed by atoms with van der Waals surface area (Å²) in [4.78, 5) is 21.9. The molecule has 0 saturated heterocycles. The molecule has 0 saturated carbocycles. The van der Waals surface area contributed by atoms with E-state index in [0.717, 1.165) is 18.2 Å². The second-order valence-electron chi connectivity index (χ2n) is 5.53. The molecule has 0 aliphatic rings. The van der Waals surface area contributed by atoms with Gasteiger partial charge in [-0.2, -0.15) is 13.2 Å². The van der Waals surface area contributed by atoms with E-state index in [2.05, 4.69) is 5.32 Å². The maximum atomic E-state index is 12.8. The minimum absolute atomic E-state index is 0.125. The van der Waals surface area contributed by atoms with Crippen LogP contribution in [0.2, 0.25) is 0 Å². The highest BCUT2D eigenvalue weighted by molar-refractivity contribution is 5.95. The van der Waals surface area contributed by atoms with E-state index in [1.165, 1.54) is 31.2 Å². The van der Waals surface area contributed by atoms with E-state index in [0.29, 0.717) is 5.56 Å². The number of halogens is 3. The van der Waals surface area contributed by atoms with Crippen molar-refractivity contribution in [2.75, 3.05) is 5.32 Å². The summed E-state index contributed by atoms with van der Waals surface area (Å²) >= 11 is 0. The van der Waals surface area contributed by atoms with E-state index in [-0.39, 0.29) is 22.7 Å². The number of nitrogens with one attached hydrogen (secondary N) is 1. The molecule has 1 atom stereocenters. The van der Waals surface area contributed by atoms with Crippen LogP contribution in [0.25, 0.3) is 0 Å². The summed E-state index contributed by atoms with van der Waals surface area (Å²) < 4.78 is 38.4. The summed E-state index contributed by atoms with van der Waals surface area (Å²) in [5.41, 5.74) is -0.463. The van der Waals surface area contributed by atoms with Crippen molar-refractivity contribution >= 4 is 17.2 Å². The maximum Gasteiger partial charge on any atom is 0.416 e. The van der Waals surface area contributed by atoms with Crippen molar-refractivity contribution in [3.05, 3.63) is 69.3 Å². The van der Waals surface area contributed by atoms with Gasteiger partial charge >= 0.3 is 6.18 Å². The Balaban J connectivity index is 2.33. The molecule has 1 unspecified atom stereocenters. The molecule has 1 N–H and O–H groups in total. The molecule has 2 aromatic rings. The average Bonchev–Trinajstić information content (AvgIpc) is 2.54. The molecule has 0 aromatic heterocycles. The molecule has 0 amide bonds. The number of alkyl halides is 3. The first-order valence-corrected chi connectivity index (χ1v) is 7.32. The molecule has 0 spiro atoms. The molecular formula is C17H15F3N2O3. The summed E-state index contributed by atoms with van der Waals surface area (Å²) in [5.74, 6) is -0.319. The Hall–Kier alpha value is -2.90. The summed E-state index contributed by atoms with van der Waals surface area (Å²) in [5, 5.41) is 14.0. The highest BCUT2D eigenvalue weighted by Gasteiger charge is 2.30. The number of nitro benzene ring substituents is 1. The molecule has 0 radical (unpaired) electrons. The highest BCUT2D eigenvalue weighted by Crippen LogP contribution is 2.33. The fourth-order valence-electron chi connectivity index (χ4n) is 2.32. The largest absolute Gasteiger partial charge is 0.416 e. The number of rotatable bonds is 5. The van der Waals surface area contributed by atoms with E-state index in [9.17, 15) is 28.1 Å². The van der Waals surface area contributed by atoms with Gasteiger partial charge < -0.3 is 5.32 Å². The minimum atomic E-state index is -4.47. The number of nitro groups is 1. The van der Waals surface area contributed by atoms with Crippen LogP contribution >= 0.6 is 0 Å². The number of benzene rings is 2. The second-order valence-corrected chi connectivity index (χ2v) is 5.53. The zero-order valence-corrected chi connectivity index (χ0v) is 13.4. The third kappa shape index (κ3) is 4.34. The molecule has 5 nitrogen and oxygen atoms in total. The Bertz CT molecular complexity index is 819. The SMILES string of the molecule is CC(=O)c1ccc(NC(C)c2cccc(C(F)(F)F)c2)c([N+](=O)[O-])c1. The minimum Gasteiger partial charge on any atom is -0.373 e. The molecule has 0 aliphatic heterocycles. The summed E-state index contributed by atoms with van der Waals surface area (Å²) in [7, 11) is 0. The van der Waals surface area contributed by atoms with Crippen LogP contribution in [-0.2, 0) is 6.18 Å². The number of nitrogens with zero attached hydrogens (tertiary/aromatic N) is 1. The van der Waals surface area contributed by atoms with E-state index >= 15 is 0 Å². The number of ketones is 1. The topological polar surface area (TPSA) is 72.2 Å². The monoisotopic (exact) mass is 352 g/mol. The molecule has 2 rings (SSSR count). The van der Waals surface area contributed by atoms with Gasteiger partial charge in [0.25, 0.3) is 5.69 Å². The standard InChI is InChI=1S/C17H15F3N2O3/c1-10(12-4-3-5-14(8-12)17(18,19)20)21-15-7-6-13(11(2)23)9-16(15)22(24)25/h3-10,21H,1-2H3. The first-order chi connectivity index (χ1) is 11.6. The van der Waals surface area contributed by atoms with Crippen LogP contribution in [0.15, 0.2) is 42.5 Å². The van der Waals surface area contributed by atoms with Crippen molar-refractivity contribution in [2.45, 2.75) is 26.1 Å². The molecule has 132 valence electrons. The molecule has 0 aliphatic carbocycles. The van der Waals surface area contributed by atoms with Crippen molar-refractivity contribution in [1.29, 1.82) is 0 Å². The first-order valence-electron chi connectivity index (χ1n) is 7.32. The Morgan fingerprint density at radius 1 is 1.20 bits per heavy atom. The number of anilines is 1. The van der Waals surface area contributed by atoms with Gasteiger partial charge in [-0.1, -0.05) is 12.1 Å². The van der Waals surface area contributed by atoms with E-state index in [1.54, 1.807) is 6.92 Å². The van der Waals surface area contributed by atoms with Crippen LogP contribution in [0.5, 0.6) is 0 Å². The lowest BCUT2D eigenvalue weighted by Gasteiger charge is -2.17. The van der Waals surface area contributed by atoms with E-state index < -0.39 is 22.7 Å². The molecule has 0 bridgehead atoms. The van der Waals surface area contributed by atoms with Gasteiger partial charge in [0, 0.05) is 17.7 Å². The zero-order chi connectivity index (χ0) is 18.8. The average molecular weight is 352 g/mol. The van der Waals surface area contributed by atoms with Crippen LogP contribution in [-0.4, -0.2) is 10.7 Å². The summed E-state index contributed by atoms with van der Waals surface area (Å²) in [6.07, 6.45) is -4.47. The van der Waals surface area contributed by atoms with Gasteiger partial charge in [-0.05, 0) is 43.7 Å². The van der Waals surface area contributed by atoms with Gasteiger partial charge in [0.2, 0.25) is 0 Å². The van der Waals surface area contributed by atoms with Crippen LogP contribution in [0.4, 0.5) is 24.5 Å². The number of hydrogen-bond donors (Lipinski definition) is 1. The third-order valence-corrected chi connectivity index (χ3v) is 3.69. The summed E-state index contributed by atoms with van der Waals surface area (Å²) in [6, 6.07) is 8.07. The molecule has 2 aromatic carbocycles. The van der Waals surface area contributed by atoms with Gasteiger partial charge in [0.15, 0.2) is 5.78 Å². The van der Waals surface area contributed by atoms with Crippen molar-refractivity contribution in [3.8, 4) is 0 Å². The second kappa shape index (κ2) is 6.92. The highest BCUT2D eigenvalue weighted by atomic mass is 19.4. The van der Waals surface area contributed by atoms with Crippen molar-refractivity contribution < 1.29 is 22.9 Å². The lowest BCUT2D eigenvalue weighted by Crippen LogP contribution is -2.11. The molecule has 8 heteroatoms. The van der Waals surface area contributed by atoms with Crippen molar-refractivity contribution in [2.24, 2.45) is 0 Å². The summed E-state index contributed by atoms with van der Waals surface area (Å²) in [6.45, 7) is 2.88. The fraction of sp³-hybridized carbons (Fsp3) is 0.235. The molecule has 0 fully saturated rings. The number of carbonyl (C=O) groups is 1. The lowest BCUT2D eigenvalue weighted by atomic mass is 10.0. The van der Waals surface area contributed by atoms with Crippen LogP contribution in [0, 0.1) is 10.1 Å². The number of hydrogen-bond acceptors (Lipinski definition) is 4. The van der Waals surface area contributed by atoms with Gasteiger partial charge in [-0.25, -0.2) is 0 Å². The molecule has 0 heterocycles. The number of Topliss-reactive ketones (excluding diaryl/α,β-unsaturated/α-hetero) is 1. The van der Waals surface area contributed by atoms with Gasteiger partial charge in [0.05, 0.1) is 10.5 Å². The smallest absolute Gasteiger partial charge is 0.373 e. The van der Waals surface area contributed by atoms with Crippen molar-refractivity contribution in [3.63, 3.8) is 0 Å². The fourth-order valence-corrected chi connectivity index (χ4v) is 2.32. The number of carbonyl (C=O) groups excluding carboxylic acids is 1. The normalized spacial score (nSPS) is 12.5. The van der Waals surface area contributed by atoms with Crippen LogP contribution in [0.3, 0.4) is 0 Å². The Morgan fingerprint density at radius 2 is 1.88 bits per heavy atom. The Labute approximate surface area is 141 Å². The Kier molecular flexibility index (Phi) is 5.10. The van der Waals surface area contributed by atoms with Gasteiger partial charge in [-0.15, -0.1) is 0 Å². The molecular weight excluding hydrogens is 337 g/mol. The van der Waals surface area contributed by atoms with Crippen LogP contribution in [0.1, 0.15) is 41.4 Å². The Morgan fingerprint density at radius 3 is 2.44 bits per heavy atom. The van der Waals surface area contributed by atoms with E-state index in [4.69, 9.17) is 0 Å². The zero-order valence-electron chi connectivity index (χ0n) is 13.4. The predicted molar refractivity (Wildman–Crippen MR) is 86.6 cm³/mol. The third-order valence-electron chi connectivity index (χ3n) is 3.69. The van der Waals surface area contributed by atoms with Crippen molar-refractivity contribution in [1.82, 2.24) is 0 Å². The van der Waals surface area contributed by atoms with Gasteiger partial charge in [-0.3, -0.25) is 14.9 Å². The first kappa shape index (κ1) is 18.4.